The number of halogens is 5. The second-order valence-electron chi connectivity index (χ2n) is 5.77. The van der Waals surface area contributed by atoms with E-state index in [1.165, 1.54) is 0 Å². The van der Waals surface area contributed by atoms with Crippen LogP contribution in [0.1, 0.15) is 11.1 Å². The number of fused-ring (bicyclic) bond motifs is 1. The van der Waals surface area contributed by atoms with Crippen molar-refractivity contribution in [1.82, 2.24) is 9.55 Å². The molecule has 0 aliphatic carbocycles. The SMILES string of the molecule is O=C(Cn1cc(C(F)(F)F)cc(Cl)c1=O)OCc1ccc(Cl)c2cccnc12. The fourth-order valence-electron chi connectivity index (χ4n) is 2.53. The number of hydrogen-bond donors (Lipinski definition) is 0. The summed E-state index contributed by atoms with van der Waals surface area (Å²) < 4.78 is 44.2. The predicted molar refractivity (Wildman–Crippen MR) is 97.3 cm³/mol. The second kappa shape index (κ2) is 7.81. The summed E-state index contributed by atoms with van der Waals surface area (Å²) in [5, 5.41) is 0.498. The molecular weight excluding hydrogens is 420 g/mol. The topological polar surface area (TPSA) is 61.2 Å². The molecule has 0 spiro atoms. The normalized spacial score (nSPS) is 11.6. The van der Waals surface area contributed by atoms with Crippen LogP contribution in [0.4, 0.5) is 13.2 Å². The number of ether oxygens (including phenoxy) is 1. The summed E-state index contributed by atoms with van der Waals surface area (Å²) in [4.78, 5) is 28.2. The van der Waals surface area contributed by atoms with Crippen LogP contribution in [0.2, 0.25) is 10.0 Å². The van der Waals surface area contributed by atoms with Crippen LogP contribution in [0.25, 0.3) is 10.9 Å². The zero-order chi connectivity index (χ0) is 20.5. The predicted octanol–water partition coefficient (Wildman–Crippen LogP) is 4.47. The molecule has 0 aliphatic heterocycles. The van der Waals surface area contributed by atoms with E-state index in [0.717, 1.165) is 0 Å². The molecule has 10 heteroatoms. The van der Waals surface area contributed by atoms with E-state index in [1.807, 2.05) is 0 Å². The summed E-state index contributed by atoms with van der Waals surface area (Å²) in [6, 6.07) is 7.20. The van der Waals surface area contributed by atoms with Gasteiger partial charge in [0.2, 0.25) is 0 Å². The van der Waals surface area contributed by atoms with Crippen molar-refractivity contribution in [2.45, 2.75) is 19.3 Å². The summed E-state index contributed by atoms with van der Waals surface area (Å²) in [6.45, 7) is -0.910. The maximum Gasteiger partial charge on any atom is 0.417 e. The molecule has 0 unspecified atom stereocenters. The molecule has 0 fully saturated rings. The average Bonchev–Trinajstić information content (AvgIpc) is 2.64. The lowest BCUT2D eigenvalue weighted by molar-refractivity contribution is -0.146. The Morgan fingerprint density at radius 3 is 2.64 bits per heavy atom. The number of benzene rings is 1. The molecule has 2 aromatic heterocycles. The Labute approximate surface area is 166 Å². The van der Waals surface area contributed by atoms with E-state index in [-0.39, 0.29) is 6.61 Å². The fraction of sp³-hybridized carbons (Fsp3) is 0.167. The van der Waals surface area contributed by atoms with E-state index in [9.17, 15) is 22.8 Å². The van der Waals surface area contributed by atoms with Crippen molar-refractivity contribution in [2.75, 3.05) is 0 Å². The first-order valence-corrected chi connectivity index (χ1v) is 8.57. The first-order valence-electron chi connectivity index (χ1n) is 7.81. The van der Waals surface area contributed by atoms with Crippen LogP contribution >= 0.6 is 23.2 Å². The molecule has 0 saturated carbocycles. The van der Waals surface area contributed by atoms with Gasteiger partial charge in [0.1, 0.15) is 18.2 Å². The van der Waals surface area contributed by atoms with Crippen molar-refractivity contribution in [3.63, 3.8) is 0 Å². The third-order valence-electron chi connectivity index (χ3n) is 3.86. The summed E-state index contributed by atoms with van der Waals surface area (Å²) >= 11 is 11.6. The van der Waals surface area contributed by atoms with Crippen LogP contribution in [0, 0.1) is 0 Å². The highest BCUT2D eigenvalue weighted by Crippen LogP contribution is 2.29. The highest BCUT2D eigenvalue weighted by Gasteiger charge is 2.32. The molecule has 1 aromatic carbocycles. The standard InChI is InChI=1S/C18H11Cl2F3N2O3/c19-13-4-3-10(16-12(13)2-1-5-24-16)9-28-15(26)8-25-7-11(18(21,22)23)6-14(20)17(25)27/h1-7H,8-9H2. The molecule has 146 valence electrons. The molecule has 0 bridgehead atoms. The molecular formula is C18H11Cl2F3N2O3. The van der Waals surface area contributed by atoms with E-state index in [2.05, 4.69) is 4.98 Å². The van der Waals surface area contributed by atoms with Crippen molar-refractivity contribution in [3.05, 3.63) is 74.3 Å². The lowest BCUT2D eigenvalue weighted by atomic mass is 10.1. The number of carbonyl (C=O) groups excluding carboxylic acids is 1. The van der Waals surface area contributed by atoms with Crippen molar-refractivity contribution < 1.29 is 22.7 Å². The summed E-state index contributed by atoms with van der Waals surface area (Å²) in [5.41, 5.74) is -0.979. The van der Waals surface area contributed by atoms with Gasteiger partial charge in [0.25, 0.3) is 5.56 Å². The maximum absolute atomic E-state index is 12.9. The lowest BCUT2D eigenvalue weighted by Gasteiger charge is -2.12. The molecule has 2 heterocycles. The fourth-order valence-corrected chi connectivity index (χ4v) is 2.97. The number of aromatic nitrogens is 2. The third kappa shape index (κ3) is 4.28. The maximum atomic E-state index is 12.9. The van der Waals surface area contributed by atoms with Crippen LogP contribution in [0.5, 0.6) is 0 Å². The average molecular weight is 431 g/mol. The third-order valence-corrected chi connectivity index (χ3v) is 4.46. The van der Waals surface area contributed by atoms with E-state index in [4.69, 9.17) is 27.9 Å². The summed E-state index contributed by atoms with van der Waals surface area (Å²) in [6.07, 6.45) is -2.64. The van der Waals surface area contributed by atoms with E-state index in [1.54, 1.807) is 30.5 Å². The van der Waals surface area contributed by atoms with Crippen LogP contribution < -0.4 is 5.56 Å². The molecule has 0 saturated heterocycles. The number of nitrogens with zero attached hydrogens (tertiary/aromatic N) is 2. The van der Waals surface area contributed by atoms with Gasteiger partial charge in [-0.15, -0.1) is 0 Å². The molecule has 28 heavy (non-hydrogen) atoms. The van der Waals surface area contributed by atoms with Crippen molar-refractivity contribution in [1.29, 1.82) is 0 Å². The molecule has 0 N–H and O–H groups in total. The van der Waals surface area contributed by atoms with Crippen molar-refractivity contribution in [3.8, 4) is 0 Å². The van der Waals surface area contributed by atoms with Gasteiger partial charge in [0, 0.05) is 28.4 Å². The Morgan fingerprint density at radius 1 is 1.18 bits per heavy atom. The lowest BCUT2D eigenvalue weighted by Crippen LogP contribution is -2.27. The molecule has 3 rings (SSSR count). The van der Waals surface area contributed by atoms with E-state index >= 15 is 0 Å². The zero-order valence-corrected chi connectivity index (χ0v) is 15.5. The van der Waals surface area contributed by atoms with E-state index in [0.29, 0.717) is 38.3 Å². The summed E-state index contributed by atoms with van der Waals surface area (Å²) in [7, 11) is 0. The van der Waals surface area contributed by atoms with Gasteiger partial charge in [-0.2, -0.15) is 13.2 Å². The first kappa shape index (κ1) is 20.2. The van der Waals surface area contributed by atoms with Crippen LogP contribution in [0.15, 0.2) is 47.5 Å². The van der Waals surface area contributed by atoms with Gasteiger partial charge in [0.05, 0.1) is 11.1 Å². The first-order chi connectivity index (χ1) is 13.2. The van der Waals surface area contributed by atoms with Gasteiger partial charge in [0.15, 0.2) is 0 Å². The molecule has 0 aliphatic rings. The number of hydrogen-bond acceptors (Lipinski definition) is 4. The minimum absolute atomic E-state index is 0.190. The number of pyridine rings is 2. The molecule has 5 nitrogen and oxygen atoms in total. The zero-order valence-electron chi connectivity index (χ0n) is 14.0. The summed E-state index contributed by atoms with van der Waals surface area (Å²) in [5.74, 6) is -0.906. The van der Waals surface area contributed by atoms with Gasteiger partial charge in [-0.1, -0.05) is 29.3 Å². The quantitative estimate of drug-likeness (QED) is 0.573. The van der Waals surface area contributed by atoms with Gasteiger partial charge < -0.3 is 9.30 Å². The Kier molecular flexibility index (Phi) is 5.62. The second-order valence-corrected chi connectivity index (χ2v) is 6.59. The van der Waals surface area contributed by atoms with Gasteiger partial charge >= 0.3 is 12.1 Å². The van der Waals surface area contributed by atoms with E-state index < -0.39 is 34.8 Å². The number of carbonyl (C=O) groups is 1. The molecule has 3 aromatic rings. The Morgan fingerprint density at radius 2 is 1.93 bits per heavy atom. The largest absolute Gasteiger partial charge is 0.459 e. The van der Waals surface area contributed by atoms with Crippen molar-refractivity contribution in [2.24, 2.45) is 0 Å². The van der Waals surface area contributed by atoms with Crippen LogP contribution in [0.3, 0.4) is 0 Å². The molecule has 0 radical (unpaired) electrons. The van der Waals surface area contributed by atoms with Gasteiger partial charge in [-0.05, 0) is 24.3 Å². The molecule has 0 atom stereocenters. The number of esters is 1. The number of rotatable bonds is 4. The number of alkyl halides is 3. The minimum Gasteiger partial charge on any atom is -0.459 e. The van der Waals surface area contributed by atoms with Gasteiger partial charge in [-0.25, -0.2) is 0 Å². The van der Waals surface area contributed by atoms with Gasteiger partial charge in [-0.3, -0.25) is 14.6 Å². The highest BCUT2D eigenvalue weighted by atomic mass is 35.5. The monoisotopic (exact) mass is 430 g/mol. The smallest absolute Gasteiger partial charge is 0.417 e. The van der Waals surface area contributed by atoms with Crippen LogP contribution in [-0.4, -0.2) is 15.5 Å². The van der Waals surface area contributed by atoms with Crippen LogP contribution in [-0.2, 0) is 28.9 Å². The Hall–Kier alpha value is -2.58. The highest BCUT2D eigenvalue weighted by molar-refractivity contribution is 6.35. The minimum atomic E-state index is -4.71. The Balaban J connectivity index is 1.78. The molecule has 0 amide bonds. The Bertz CT molecular complexity index is 1110. The van der Waals surface area contributed by atoms with Crippen molar-refractivity contribution >= 4 is 40.1 Å².